The summed E-state index contributed by atoms with van der Waals surface area (Å²) in [6.45, 7) is 5.97. The number of nitrogens with one attached hydrogen (secondary N) is 1. The highest BCUT2D eigenvalue weighted by Gasteiger charge is 2.30. The van der Waals surface area contributed by atoms with Gasteiger partial charge >= 0.3 is 0 Å². The summed E-state index contributed by atoms with van der Waals surface area (Å²) >= 11 is 9.23. The zero-order chi connectivity index (χ0) is 25.1. The Bertz CT molecular complexity index is 1250. The van der Waals surface area contributed by atoms with Crippen molar-refractivity contribution >= 4 is 55.8 Å². The molecule has 0 aliphatic carbocycles. The highest BCUT2D eigenvalue weighted by Crippen LogP contribution is 2.37. The van der Waals surface area contributed by atoms with Gasteiger partial charge in [0.1, 0.15) is 12.1 Å². The van der Waals surface area contributed by atoms with Crippen LogP contribution >= 0.6 is 27.5 Å². The number of aromatic nitrogens is 2. The van der Waals surface area contributed by atoms with Gasteiger partial charge in [0.05, 0.1) is 29.9 Å². The first kappa shape index (κ1) is 25.4. The summed E-state index contributed by atoms with van der Waals surface area (Å²) in [7, 11) is 1.57. The van der Waals surface area contributed by atoms with Crippen LogP contribution < -0.4 is 14.8 Å². The minimum absolute atomic E-state index is 0.0115. The van der Waals surface area contributed by atoms with Gasteiger partial charge in [-0.2, -0.15) is 0 Å². The van der Waals surface area contributed by atoms with Gasteiger partial charge < -0.3 is 19.7 Å². The van der Waals surface area contributed by atoms with Crippen LogP contribution in [-0.4, -0.2) is 47.6 Å². The fourth-order valence-electron chi connectivity index (χ4n) is 4.38. The molecule has 35 heavy (non-hydrogen) atoms. The summed E-state index contributed by atoms with van der Waals surface area (Å²) < 4.78 is 26.7. The minimum atomic E-state index is -0.581. The van der Waals surface area contributed by atoms with E-state index in [0.29, 0.717) is 51.1 Å². The summed E-state index contributed by atoms with van der Waals surface area (Å²) in [5, 5.41) is 3.64. The van der Waals surface area contributed by atoms with Gasteiger partial charge in [0.2, 0.25) is 5.91 Å². The molecule has 0 unspecified atom stereocenters. The smallest absolute Gasteiger partial charge is 0.219 e. The van der Waals surface area contributed by atoms with Crippen molar-refractivity contribution in [2.45, 2.75) is 26.7 Å². The molecule has 0 spiro atoms. The molecule has 10 heteroatoms. The third-order valence-corrected chi connectivity index (χ3v) is 7.66. The summed E-state index contributed by atoms with van der Waals surface area (Å²) in [5.41, 5.74) is 0.824. The first-order valence-electron chi connectivity index (χ1n) is 11.4. The largest absolute Gasteiger partial charge is 0.493 e. The van der Waals surface area contributed by atoms with Crippen LogP contribution in [0.2, 0.25) is 5.02 Å². The maximum Gasteiger partial charge on any atom is 0.219 e. The lowest BCUT2D eigenvalue weighted by atomic mass is 9.93. The second-order valence-electron chi connectivity index (χ2n) is 8.74. The van der Waals surface area contributed by atoms with Crippen LogP contribution in [0.3, 0.4) is 0 Å². The first-order chi connectivity index (χ1) is 16.8. The maximum absolute atomic E-state index is 14.6. The number of carbonyl (C=O) groups excluding carboxylic acids is 1. The van der Waals surface area contributed by atoms with Gasteiger partial charge in [0.15, 0.2) is 17.3 Å². The molecule has 2 aromatic carbocycles. The van der Waals surface area contributed by atoms with Gasteiger partial charge in [0.25, 0.3) is 0 Å². The van der Waals surface area contributed by atoms with Crippen molar-refractivity contribution in [1.29, 1.82) is 0 Å². The van der Waals surface area contributed by atoms with Crippen LogP contribution in [0.15, 0.2) is 35.1 Å². The molecule has 2 heterocycles. The van der Waals surface area contributed by atoms with Crippen LogP contribution in [0.4, 0.5) is 15.9 Å². The number of hydrogen-bond acceptors (Lipinski definition) is 6. The number of halogens is 3. The molecule has 0 bridgehead atoms. The molecule has 186 valence electrons. The van der Waals surface area contributed by atoms with Gasteiger partial charge in [-0.3, -0.25) is 4.79 Å². The lowest BCUT2D eigenvalue weighted by Gasteiger charge is -2.16. The molecule has 0 radical (unpaired) electrons. The standard InChI is InChI=1S/C25H27BrClFN4O3/c1-14-11-32(15(2)33)12-16(14)5-4-8-35-22-10-20-17(9-21(22)34-3)25(30-13-29-20)31-19-7-6-18(26)23(27)24(19)28/h6-7,9-10,13-14,16H,4-5,8,11-12H2,1-3H3,(H,29,30,31)/t14-,16+/m1/s1. The molecule has 1 aromatic heterocycles. The van der Waals surface area contributed by atoms with Crippen molar-refractivity contribution in [2.75, 3.05) is 32.1 Å². The molecular weight excluding hydrogens is 539 g/mol. The summed E-state index contributed by atoms with van der Waals surface area (Å²) in [6.07, 6.45) is 3.25. The number of amides is 1. The Morgan fingerprint density at radius 3 is 2.80 bits per heavy atom. The van der Waals surface area contributed by atoms with E-state index in [9.17, 15) is 9.18 Å². The summed E-state index contributed by atoms with van der Waals surface area (Å²) in [4.78, 5) is 22.2. The van der Waals surface area contributed by atoms with E-state index >= 15 is 0 Å². The molecule has 0 saturated carbocycles. The van der Waals surface area contributed by atoms with Crippen molar-refractivity contribution in [2.24, 2.45) is 11.8 Å². The second-order valence-corrected chi connectivity index (χ2v) is 9.97. The van der Waals surface area contributed by atoms with Crippen molar-refractivity contribution in [3.8, 4) is 11.5 Å². The monoisotopic (exact) mass is 564 g/mol. The molecule has 1 fully saturated rings. The molecule has 4 rings (SSSR count). The number of ether oxygens (including phenoxy) is 2. The predicted octanol–water partition coefficient (Wildman–Crippen LogP) is 6.21. The topological polar surface area (TPSA) is 76.6 Å². The number of methoxy groups -OCH3 is 1. The van der Waals surface area contributed by atoms with Crippen molar-refractivity contribution in [1.82, 2.24) is 14.9 Å². The quantitative estimate of drug-likeness (QED) is 0.258. The Kier molecular flexibility index (Phi) is 7.96. The second kappa shape index (κ2) is 11.0. The predicted molar refractivity (Wildman–Crippen MR) is 138 cm³/mol. The number of benzene rings is 2. The highest BCUT2D eigenvalue weighted by molar-refractivity contribution is 9.10. The van der Waals surface area contributed by atoms with Crippen LogP contribution in [0.1, 0.15) is 26.7 Å². The Hall–Kier alpha value is -2.65. The number of nitrogens with zero attached hydrogens (tertiary/aromatic N) is 3. The van der Waals surface area contributed by atoms with Gasteiger partial charge in [-0.25, -0.2) is 14.4 Å². The number of fused-ring (bicyclic) bond motifs is 1. The molecule has 1 N–H and O–H groups in total. The number of rotatable bonds is 8. The van der Waals surface area contributed by atoms with Gasteiger partial charge in [-0.05, 0) is 58.8 Å². The Labute approximate surface area is 217 Å². The first-order valence-corrected chi connectivity index (χ1v) is 12.6. The third kappa shape index (κ3) is 5.62. The van der Waals surface area contributed by atoms with Gasteiger partial charge in [0, 0.05) is 35.9 Å². The molecular formula is C25H27BrClFN4O3. The molecule has 2 atom stereocenters. The zero-order valence-corrected chi connectivity index (χ0v) is 22.1. The number of hydrogen-bond donors (Lipinski definition) is 1. The minimum Gasteiger partial charge on any atom is -0.493 e. The number of anilines is 2. The lowest BCUT2D eigenvalue weighted by Crippen LogP contribution is -2.26. The molecule has 1 amide bonds. The molecule has 1 aliphatic heterocycles. The van der Waals surface area contributed by atoms with Gasteiger partial charge in [-0.1, -0.05) is 18.5 Å². The number of likely N-dealkylation sites (tertiary alicyclic amines) is 1. The van der Waals surface area contributed by atoms with Crippen LogP contribution in [-0.2, 0) is 4.79 Å². The third-order valence-electron chi connectivity index (χ3n) is 6.40. The van der Waals surface area contributed by atoms with E-state index in [2.05, 4.69) is 38.1 Å². The molecule has 1 aliphatic rings. The molecule has 1 saturated heterocycles. The average molecular weight is 566 g/mol. The van der Waals surface area contributed by atoms with E-state index in [0.717, 1.165) is 25.9 Å². The zero-order valence-electron chi connectivity index (χ0n) is 19.8. The summed E-state index contributed by atoms with van der Waals surface area (Å²) in [5.74, 6) is 2.05. The van der Waals surface area contributed by atoms with Crippen molar-refractivity contribution < 1.29 is 18.7 Å². The average Bonchev–Trinajstić information content (AvgIpc) is 3.22. The summed E-state index contributed by atoms with van der Waals surface area (Å²) in [6, 6.07) is 6.80. The van der Waals surface area contributed by atoms with E-state index < -0.39 is 5.82 Å². The van der Waals surface area contributed by atoms with Crippen molar-refractivity contribution in [3.05, 3.63) is 45.9 Å². The normalized spacial score (nSPS) is 17.6. The SMILES string of the molecule is COc1cc2c(Nc3ccc(Br)c(Cl)c3F)ncnc2cc1OCCC[C@H]1CN(C(C)=O)C[C@H]1C. The fourth-order valence-corrected chi connectivity index (χ4v) is 4.85. The van der Waals surface area contributed by atoms with Crippen LogP contribution in [0, 0.1) is 17.7 Å². The Morgan fingerprint density at radius 2 is 2.09 bits per heavy atom. The highest BCUT2D eigenvalue weighted by atomic mass is 79.9. The van der Waals surface area contributed by atoms with E-state index in [1.165, 1.54) is 6.33 Å². The van der Waals surface area contributed by atoms with E-state index in [4.69, 9.17) is 21.1 Å². The lowest BCUT2D eigenvalue weighted by molar-refractivity contribution is -0.128. The number of carbonyl (C=O) groups is 1. The van der Waals surface area contributed by atoms with E-state index in [1.54, 1.807) is 38.3 Å². The molecule has 3 aromatic rings. The van der Waals surface area contributed by atoms with E-state index in [1.807, 2.05) is 4.90 Å². The fraction of sp³-hybridized carbons (Fsp3) is 0.400. The van der Waals surface area contributed by atoms with Crippen LogP contribution in [0.5, 0.6) is 11.5 Å². The maximum atomic E-state index is 14.6. The Morgan fingerprint density at radius 1 is 1.29 bits per heavy atom. The van der Waals surface area contributed by atoms with Crippen LogP contribution in [0.25, 0.3) is 10.9 Å². The van der Waals surface area contributed by atoms with E-state index in [-0.39, 0.29) is 16.6 Å². The van der Waals surface area contributed by atoms with Crippen molar-refractivity contribution in [3.63, 3.8) is 0 Å². The Balaban J connectivity index is 1.47. The van der Waals surface area contributed by atoms with Gasteiger partial charge in [-0.15, -0.1) is 0 Å². The molecule has 7 nitrogen and oxygen atoms in total.